The number of hydrogen-bond acceptors (Lipinski definition) is 6. The highest BCUT2D eigenvalue weighted by atomic mass is 127. The molecular formula is C30H28ClIN4O5. The Morgan fingerprint density at radius 2 is 1.80 bits per heavy atom. The van der Waals surface area contributed by atoms with Gasteiger partial charge in [0.25, 0.3) is 0 Å². The van der Waals surface area contributed by atoms with Crippen molar-refractivity contribution < 1.29 is 20.1 Å². The average Bonchev–Trinajstić information content (AvgIpc) is 3.57. The van der Waals surface area contributed by atoms with Crippen LogP contribution in [-0.4, -0.2) is 54.2 Å². The van der Waals surface area contributed by atoms with E-state index < -0.39 is 24.4 Å². The second-order valence-corrected chi connectivity index (χ2v) is 11.3. The maximum Gasteiger partial charge on any atom is 0.329 e. The number of imidazole rings is 2. The molecule has 0 saturated heterocycles. The highest BCUT2D eigenvalue weighted by molar-refractivity contribution is 14.1. The third-order valence-electron chi connectivity index (χ3n) is 6.87. The van der Waals surface area contributed by atoms with Crippen molar-refractivity contribution in [2.24, 2.45) is 0 Å². The van der Waals surface area contributed by atoms with Crippen molar-refractivity contribution in [3.63, 3.8) is 0 Å². The van der Waals surface area contributed by atoms with Crippen LogP contribution in [0.3, 0.4) is 0 Å². The number of H-pyrrole nitrogens is 2. The van der Waals surface area contributed by atoms with E-state index in [1.165, 1.54) is 4.57 Å². The van der Waals surface area contributed by atoms with Crippen molar-refractivity contribution in [1.29, 1.82) is 0 Å². The van der Waals surface area contributed by atoms with Gasteiger partial charge in [-0.3, -0.25) is 4.57 Å². The van der Waals surface area contributed by atoms with Crippen LogP contribution in [0, 0.1) is 3.57 Å². The topological polar surface area (TPSA) is 136 Å². The lowest BCUT2D eigenvalue weighted by Gasteiger charge is -2.24. The molecule has 0 radical (unpaired) electrons. The molecule has 3 atom stereocenters. The molecule has 0 aliphatic heterocycles. The molecule has 0 saturated carbocycles. The number of aromatic nitrogens is 4. The Morgan fingerprint density at radius 1 is 1.07 bits per heavy atom. The molecule has 5 rings (SSSR count). The molecule has 9 nitrogen and oxygen atoms in total. The summed E-state index contributed by atoms with van der Waals surface area (Å²) >= 11 is 8.72. The van der Waals surface area contributed by atoms with Gasteiger partial charge in [0, 0.05) is 20.6 Å². The zero-order valence-corrected chi connectivity index (χ0v) is 24.9. The number of hydrogen-bond donors (Lipinski definition) is 5. The van der Waals surface area contributed by atoms with Crippen molar-refractivity contribution in [1.82, 2.24) is 19.5 Å². The number of aromatic hydroxyl groups is 1. The van der Waals surface area contributed by atoms with Crippen LogP contribution in [0.2, 0.25) is 5.02 Å². The van der Waals surface area contributed by atoms with Crippen LogP contribution in [-0.2, 0) is 0 Å². The quantitative estimate of drug-likeness (QED) is 0.126. The number of rotatable bonds is 10. The molecule has 5 N–H and O–H groups in total. The SMILES string of the molecule is C[C@@H](c1ccccc1)[C@@H](c1ncc(-c2ccc(I)cc2Cl)[nH]1)n1c(O)c(-c2ccc(OC[C@H](O)CO)cc2)[nH]c1=O. The first-order valence-electron chi connectivity index (χ1n) is 12.9. The first-order chi connectivity index (χ1) is 19.8. The van der Waals surface area contributed by atoms with Crippen molar-refractivity contribution in [3.8, 4) is 34.1 Å². The summed E-state index contributed by atoms with van der Waals surface area (Å²) < 4.78 is 7.78. The molecule has 0 aliphatic rings. The predicted octanol–water partition coefficient (Wildman–Crippen LogP) is 5.32. The summed E-state index contributed by atoms with van der Waals surface area (Å²) in [4.78, 5) is 24.2. The number of nitrogens with zero attached hydrogens (tertiary/aromatic N) is 2. The van der Waals surface area contributed by atoms with Gasteiger partial charge in [0.1, 0.15) is 36.0 Å². The van der Waals surface area contributed by atoms with E-state index in [9.17, 15) is 15.0 Å². The average molecular weight is 687 g/mol. The Labute approximate surface area is 254 Å². The van der Waals surface area contributed by atoms with Gasteiger partial charge in [0.05, 0.1) is 23.5 Å². The van der Waals surface area contributed by atoms with E-state index in [1.807, 2.05) is 55.5 Å². The Balaban J connectivity index is 1.55. The number of aromatic amines is 2. The van der Waals surface area contributed by atoms with Crippen LogP contribution in [0.5, 0.6) is 11.6 Å². The molecule has 0 aliphatic carbocycles. The fraction of sp³-hybridized carbons (Fsp3) is 0.200. The minimum absolute atomic E-state index is 0.0636. The molecular weight excluding hydrogens is 659 g/mol. The van der Waals surface area contributed by atoms with Gasteiger partial charge < -0.3 is 30.0 Å². The van der Waals surface area contributed by atoms with E-state index in [2.05, 4.69) is 37.5 Å². The standard InChI is InChI=1S/C30H28ClIN4O5/c1-17(18-5-3-2-4-6-18)27(28-33-14-25(34-28)23-12-9-20(32)13-24(23)31)36-29(39)26(35-30(36)40)19-7-10-22(11-8-19)41-16-21(38)15-37/h2-14,17,21,27,37-39H,15-16H2,1H3,(H,33,34)(H,35,40)/t17-,21+,27-/m0/s1. The summed E-state index contributed by atoms with van der Waals surface area (Å²) in [5.41, 5.74) is 2.74. The Bertz CT molecular complexity index is 1680. The van der Waals surface area contributed by atoms with Crippen molar-refractivity contribution >= 4 is 34.2 Å². The van der Waals surface area contributed by atoms with Gasteiger partial charge in [0.15, 0.2) is 0 Å². The van der Waals surface area contributed by atoms with Crippen LogP contribution in [0.25, 0.3) is 22.5 Å². The molecule has 0 unspecified atom stereocenters. The van der Waals surface area contributed by atoms with Crippen LogP contribution in [0.15, 0.2) is 83.8 Å². The Morgan fingerprint density at radius 3 is 2.49 bits per heavy atom. The first-order valence-corrected chi connectivity index (χ1v) is 14.3. The van der Waals surface area contributed by atoms with Gasteiger partial charge in [-0.05, 0) is 64.6 Å². The molecule has 5 aromatic rings. The van der Waals surface area contributed by atoms with Crippen molar-refractivity contribution in [2.45, 2.75) is 25.0 Å². The number of aliphatic hydroxyl groups is 2. The number of nitrogens with one attached hydrogen (secondary N) is 2. The summed E-state index contributed by atoms with van der Waals surface area (Å²) in [5.74, 6) is 0.455. The fourth-order valence-corrected chi connectivity index (χ4v) is 5.67. The number of aliphatic hydroxyl groups excluding tert-OH is 2. The number of halogens is 2. The zero-order chi connectivity index (χ0) is 29.1. The van der Waals surface area contributed by atoms with E-state index in [0.29, 0.717) is 27.9 Å². The molecule has 0 amide bonds. The molecule has 11 heteroatoms. The van der Waals surface area contributed by atoms with Crippen LogP contribution in [0.4, 0.5) is 0 Å². The minimum Gasteiger partial charge on any atom is -0.493 e. The third kappa shape index (κ3) is 6.20. The van der Waals surface area contributed by atoms with Crippen LogP contribution >= 0.6 is 34.2 Å². The summed E-state index contributed by atoms with van der Waals surface area (Å²) in [6.45, 7) is 1.51. The second kappa shape index (κ2) is 12.5. The van der Waals surface area contributed by atoms with Gasteiger partial charge in [0.2, 0.25) is 5.88 Å². The fourth-order valence-electron chi connectivity index (χ4n) is 4.72. The summed E-state index contributed by atoms with van der Waals surface area (Å²) in [6, 6.07) is 21.4. The van der Waals surface area contributed by atoms with Crippen LogP contribution < -0.4 is 10.4 Å². The minimum atomic E-state index is -0.989. The molecule has 212 valence electrons. The number of benzene rings is 3. The highest BCUT2D eigenvalue weighted by Gasteiger charge is 2.31. The van der Waals surface area contributed by atoms with Gasteiger partial charge in [-0.2, -0.15) is 0 Å². The molecule has 2 heterocycles. The lowest BCUT2D eigenvalue weighted by molar-refractivity contribution is 0.0536. The number of ether oxygens (including phenoxy) is 1. The van der Waals surface area contributed by atoms with E-state index in [4.69, 9.17) is 21.4 Å². The van der Waals surface area contributed by atoms with E-state index >= 15 is 0 Å². The zero-order valence-electron chi connectivity index (χ0n) is 22.0. The smallest absolute Gasteiger partial charge is 0.329 e. The van der Waals surface area contributed by atoms with Crippen LogP contribution in [0.1, 0.15) is 30.3 Å². The molecule has 0 bridgehead atoms. The predicted molar refractivity (Wildman–Crippen MR) is 165 cm³/mol. The van der Waals surface area contributed by atoms with Gasteiger partial charge >= 0.3 is 5.69 Å². The van der Waals surface area contributed by atoms with E-state index in [0.717, 1.165) is 14.7 Å². The van der Waals surface area contributed by atoms with E-state index in [1.54, 1.807) is 30.5 Å². The molecule has 0 fully saturated rings. The van der Waals surface area contributed by atoms with Crippen molar-refractivity contribution in [3.05, 3.63) is 109 Å². The highest BCUT2D eigenvalue weighted by Crippen LogP contribution is 2.38. The molecule has 41 heavy (non-hydrogen) atoms. The second-order valence-electron chi connectivity index (χ2n) is 9.62. The maximum atomic E-state index is 13.4. The van der Waals surface area contributed by atoms with Gasteiger partial charge in [-0.25, -0.2) is 9.78 Å². The normalized spacial score (nSPS) is 13.6. The monoisotopic (exact) mass is 686 g/mol. The lowest BCUT2D eigenvalue weighted by atomic mass is 9.92. The molecule has 0 spiro atoms. The Hall–Kier alpha value is -3.58. The molecule has 2 aromatic heterocycles. The van der Waals surface area contributed by atoms with Crippen molar-refractivity contribution in [2.75, 3.05) is 13.2 Å². The van der Waals surface area contributed by atoms with Gasteiger partial charge in [-0.15, -0.1) is 0 Å². The van der Waals surface area contributed by atoms with Gasteiger partial charge in [-0.1, -0.05) is 54.9 Å². The summed E-state index contributed by atoms with van der Waals surface area (Å²) in [6.07, 6.45) is 0.687. The summed E-state index contributed by atoms with van der Waals surface area (Å²) in [5, 5.41) is 30.5. The lowest BCUT2D eigenvalue weighted by Crippen LogP contribution is -2.27. The maximum absolute atomic E-state index is 13.4. The summed E-state index contributed by atoms with van der Waals surface area (Å²) in [7, 11) is 0. The third-order valence-corrected chi connectivity index (χ3v) is 7.86. The largest absolute Gasteiger partial charge is 0.493 e. The first kappa shape index (κ1) is 28.9. The van der Waals surface area contributed by atoms with E-state index in [-0.39, 0.29) is 24.1 Å². The molecule has 3 aromatic carbocycles. The Kier molecular flexibility index (Phi) is 8.83.